The van der Waals surface area contributed by atoms with Gasteiger partial charge in [0.15, 0.2) is 0 Å². The molecule has 6 heteroatoms. The fourth-order valence-electron chi connectivity index (χ4n) is 2.32. The number of hydrogen-bond donors (Lipinski definition) is 2. The van der Waals surface area contributed by atoms with Crippen LogP contribution in [0, 0.1) is 0 Å². The van der Waals surface area contributed by atoms with Gasteiger partial charge < -0.3 is 10.6 Å². The van der Waals surface area contributed by atoms with E-state index in [1.807, 2.05) is 18.2 Å². The largest absolute Gasteiger partial charge is 0.355 e. The number of nitrogens with one attached hydrogen (secondary N) is 2. The second-order valence-corrected chi connectivity index (χ2v) is 6.44. The molecule has 0 unspecified atom stereocenters. The SMILES string of the molecule is O=C(CNC(=O)c1ccc(Cl)cc1Cl)NCCCCc1ccccc1. The van der Waals surface area contributed by atoms with Crippen LogP contribution in [0.25, 0.3) is 0 Å². The maximum Gasteiger partial charge on any atom is 0.253 e. The quantitative estimate of drug-likeness (QED) is 0.685. The lowest BCUT2D eigenvalue weighted by Gasteiger charge is -2.08. The van der Waals surface area contributed by atoms with Crippen LogP contribution in [0.5, 0.6) is 0 Å². The standard InChI is InChI=1S/C19H20Cl2N2O2/c20-15-9-10-16(17(21)12-15)19(25)23-13-18(24)22-11-5-4-8-14-6-2-1-3-7-14/h1-3,6-7,9-10,12H,4-5,8,11,13H2,(H,22,24)(H,23,25). The molecule has 2 aromatic carbocycles. The van der Waals surface area contributed by atoms with E-state index < -0.39 is 5.91 Å². The molecular weight excluding hydrogens is 359 g/mol. The van der Waals surface area contributed by atoms with Gasteiger partial charge in [-0.15, -0.1) is 0 Å². The van der Waals surface area contributed by atoms with E-state index in [2.05, 4.69) is 22.8 Å². The molecule has 0 fully saturated rings. The smallest absolute Gasteiger partial charge is 0.253 e. The van der Waals surface area contributed by atoms with Crippen molar-refractivity contribution in [2.24, 2.45) is 0 Å². The molecule has 4 nitrogen and oxygen atoms in total. The van der Waals surface area contributed by atoms with Crippen LogP contribution in [-0.2, 0) is 11.2 Å². The van der Waals surface area contributed by atoms with Crippen molar-refractivity contribution in [1.29, 1.82) is 0 Å². The van der Waals surface area contributed by atoms with Crippen LogP contribution < -0.4 is 10.6 Å². The van der Waals surface area contributed by atoms with Crippen molar-refractivity contribution in [3.05, 3.63) is 69.7 Å². The summed E-state index contributed by atoms with van der Waals surface area (Å²) >= 11 is 11.8. The van der Waals surface area contributed by atoms with Gasteiger partial charge in [-0.25, -0.2) is 0 Å². The highest BCUT2D eigenvalue weighted by molar-refractivity contribution is 6.36. The van der Waals surface area contributed by atoms with Gasteiger partial charge in [0.1, 0.15) is 0 Å². The highest BCUT2D eigenvalue weighted by atomic mass is 35.5. The molecule has 0 aliphatic carbocycles. The highest BCUT2D eigenvalue weighted by Crippen LogP contribution is 2.20. The zero-order valence-electron chi connectivity index (χ0n) is 13.7. The lowest BCUT2D eigenvalue weighted by Crippen LogP contribution is -2.37. The Morgan fingerprint density at radius 3 is 2.40 bits per heavy atom. The van der Waals surface area contributed by atoms with Crippen molar-refractivity contribution < 1.29 is 9.59 Å². The molecule has 25 heavy (non-hydrogen) atoms. The van der Waals surface area contributed by atoms with Crippen molar-refractivity contribution in [2.45, 2.75) is 19.3 Å². The minimum atomic E-state index is -0.402. The minimum Gasteiger partial charge on any atom is -0.355 e. The third-order valence-corrected chi connectivity index (χ3v) is 4.19. The summed E-state index contributed by atoms with van der Waals surface area (Å²) in [6.07, 6.45) is 2.87. The number of halogens is 2. The lowest BCUT2D eigenvalue weighted by molar-refractivity contribution is -0.120. The molecule has 0 heterocycles. The Kier molecular flexibility index (Phi) is 7.76. The van der Waals surface area contributed by atoms with Gasteiger partial charge in [-0.1, -0.05) is 53.5 Å². The van der Waals surface area contributed by atoms with Crippen molar-refractivity contribution in [3.63, 3.8) is 0 Å². The van der Waals surface area contributed by atoms with E-state index in [1.165, 1.54) is 17.7 Å². The molecule has 2 aromatic rings. The molecule has 0 aliphatic heterocycles. The average Bonchev–Trinajstić information content (AvgIpc) is 2.60. The fraction of sp³-hybridized carbons (Fsp3) is 0.263. The summed E-state index contributed by atoms with van der Waals surface area (Å²) in [5.41, 5.74) is 1.59. The minimum absolute atomic E-state index is 0.0868. The lowest BCUT2D eigenvalue weighted by atomic mass is 10.1. The summed E-state index contributed by atoms with van der Waals surface area (Å²) < 4.78 is 0. The molecule has 0 spiro atoms. The Bertz CT molecular complexity index is 721. The van der Waals surface area contributed by atoms with Crippen LogP contribution in [0.4, 0.5) is 0 Å². The summed E-state index contributed by atoms with van der Waals surface area (Å²) in [7, 11) is 0. The van der Waals surface area contributed by atoms with Crippen molar-refractivity contribution >= 4 is 35.0 Å². The van der Waals surface area contributed by atoms with E-state index in [-0.39, 0.29) is 17.5 Å². The van der Waals surface area contributed by atoms with Crippen LogP contribution in [0.15, 0.2) is 48.5 Å². The first-order valence-electron chi connectivity index (χ1n) is 8.10. The number of hydrogen-bond acceptors (Lipinski definition) is 2. The van der Waals surface area contributed by atoms with Gasteiger partial charge in [-0.2, -0.15) is 0 Å². The Balaban J connectivity index is 1.62. The summed E-state index contributed by atoms with van der Waals surface area (Å²) in [6, 6.07) is 14.8. The number of carbonyl (C=O) groups excluding carboxylic acids is 2. The number of unbranched alkanes of at least 4 members (excludes halogenated alkanes) is 1. The van der Waals surface area contributed by atoms with Gasteiger partial charge in [0.2, 0.25) is 5.91 Å². The van der Waals surface area contributed by atoms with Crippen LogP contribution >= 0.6 is 23.2 Å². The molecule has 2 N–H and O–H groups in total. The molecule has 0 saturated carbocycles. The monoisotopic (exact) mass is 378 g/mol. The number of aryl methyl sites for hydroxylation is 1. The topological polar surface area (TPSA) is 58.2 Å². The third kappa shape index (κ3) is 6.77. The first kappa shape index (κ1) is 19.3. The zero-order valence-corrected chi connectivity index (χ0v) is 15.2. The van der Waals surface area contributed by atoms with E-state index in [0.717, 1.165) is 19.3 Å². The predicted octanol–water partition coefficient (Wildman–Crippen LogP) is 3.86. The molecule has 0 aromatic heterocycles. The first-order chi connectivity index (χ1) is 12.1. The Hall–Kier alpha value is -2.04. The van der Waals surface area contributed by atoms with E-state index in [9.17, 15) is 9.59 Å². The zero-order chi connectivity index (χ0) is 18.1. The molecule has 2 rings (SSSR count). The molecule has 2 amide bonds. The summed E-state index contributed by atoms with van der Waals surface area (Å²) in [6.45, 7) is 0.500. The van der Waals surface area contributed by atoms with Crippen molar-refractivity contribution in [2.75, 3.05) is 13.1 Å². The molecule has 132 valence electrons. The van der Waals surface area contributed by atoms with Crippen LogP contribution in [0.3, 0.4) is 0 Å². The number of benzene rings is 2. The first-order valence-corrected chi connectivity index (χ1v) is 8.86. The van der Waals surface area contributed by atoms with Gasteiger partial charge in [0.05, 0.1) is 17.1 Å². The molecule has 0 saturated heterocycles. The summed E-state index contributed by atoms with van der Waals surface area (Å²) in [4.78, 5) is 23.8. The van der Waals surface area contributed by atoms with E-state index >= 15 is 0 Å². The van der Waals surface area contributed by atoms with Crippen molar-refractivity contribution in [3.8, 4) is 0 Å². The normalized spacial score (nSPS) is 10.3. The Morgan fingerprint density at radius 1 is 0.920 bits per heavy atom. The molecule has 0 bridgehead atoms. The van der Waals surface area contributed by atoms with E-state index in [1.54, 1.807) is 6.07 Å². The molecule has 0 radical (unpaired) electrons. The van der Waals surface area contributed by atoms with E-state index in [0.29, 0.717) is 17.1 Å². The second-order valence-electron chi connectivity index (χ2n) is 5.60. The molecular formula is C19H20Cl2N2O2. The number of carbonyl (C=O) groups is 2. The van der Waals surface area contributed by atoms with Crippen molar-refractivity contribution in [1.82, 2.24) is 10.6 Å². The molecule has 0 atom stereocenters. The van der Waals surface area contributed by atoms with Crippen LogP contribution in [-0.4, -0.2) is 24.9 Å². The maximum atomic E-state index is 12.0. The van der Waals surface area contributed by atoms with Gasteiger partial charge in [0, 0.05) is 11.6 Å². The highest BCUT2D eigenvalue weighted by Gasteiger charge is 2.11. The number of amides is 2. The summed E-state index contributed by atoms with van der Waals surface area (Å²) in [5, 5.41) is 6.05. The second kappa shape index (κ2) is 10.1. The van der Waals surface area contributed by atoms with Crippen LogP contribution in [0.2, 0.25) is 10.0 Å². The van der Waals surface area contributed by atoms with E-state index in [4.69, 9.17) is 23.2 Å². The average molecular weight is 379 g/mol. The Labute approximate surface area is 157 Å². The van der Waals surface area contributed by atoms with Crippen LogP contribution in [0.1, 0.15) is 28.8 Å². The number of rotatable bonds is 8. The van der Waals surface area contributed by atoms with Gasteiger partial charge in [0.25, 0.3) is 5.91 Å². The van der Waals surface area contributed by atoms with Gasteiger partial charge in [-0.05, 0) is 43.0 Å². The predicted molar refractivity (Wildman–Crippen MR) is 101 cm³/mol. The maximum absolute atomic E-state index is 12.0. The van der Waals surface area contributed by atoms with Gasteiger partial charge >= 0.3 is 0 Å². The fourth-order valence-corrected chi connectivity index (χ4v) is 2.81. The Morgan fingerprint density at radius 2 is 1.68 bits per heavy atom. The van der Waals surface area contributed by atoms with Gasteiger partial charge in [-0.3, -0.25) is 9.59 Å². The third-order valence-electron chi connectivity index (χ3n) is 3.64. The summed E-state index contributed by atoms with van der Waals surface area (Å²) in [5.74, 6) is -0.626. The molecule has 0 aliphatic rings.